The Morgan fingerprint density at radius 1 is 0.970 bits per heavy atom. The predicted octanol–water partition coefficient (Wildman–Crippen LogP) is 4.69. The highest BCUT2D eigenvalue weighted by Crippen LogP contribution is 2.27. The van der Waals surface area contributed by atoms with E-state index in [0.717, 1.165) is 67.9 Å². The van der Waals surface area contributed by atoms with Crippen molar-refractivity contribution >= 4 is 5.91 Å². The summed E-state index contributed by atoms with van der Waals surface area (Å²) in [6, 6.07) is 16.1. The number of aryl methyl sites for hydroxylation is 2. The number of carbonyl (C=O) groups excluding carboxylic acids is 1. The molecule has 33 heavy (non-hydrogen) atoms. The van der Waals surface area contributed by atoms with Crippen LogP contribution in [0.5, 0.6) is 11.5 Å². The lowest BCUT2D eigenvalue weighted by Gasteiger charge is -2.32. The highest BCUT2D eigenvalue weighted by molar-refractivity contribution is 5.76. The van der Waals surface area contributed by atoms with Gasteiger partial charge in [0.05, 0.1) is 26.1 Å². The second-order valence-corrected chi connectivity index (χ2v) is 8.71. The molecule has 0 radical (unpaired) electrons. The summed E-state index contributed by atoms with van der Waals surface area (Å²) in [5, 5.41) is 4.43. The molecule has 4 rings (SSSR count). The molecule has 1 saturated heterocycles. The Morgan fingerprint density at radius 3 is 2.33 bits per heavy atom. The molecule has 0 N–H and O–H groups in total. The van der Waals surface area contributed by atoms with Gasteiger partial charge in [-0.2, -0.15) is 5.10 Å². The number of carbonyl (C=O) groups is 1. The van der Waals surface area contributed by atoms with E-state index in [1.807, 2.05) is 58.4 Å². The molecule has 174 valence electrons. The molecule has 0 aliphatic carbocycles. The van der Waals surface area contributed by atoms with Crippen LogP contribution in [0.4, 0.5) is 0 Å². The van der Waals surface area contributed by atoms with E-state index in [1.165, 1.54) is 5.56 Å². The highest BCUT2D eigenvalue weighted by atomic mass is 16.5. The van der Waals surface area contributed by atoms with Gasteiger partial charge in [0.2, 0.25) is 5.91 Å². The topological polar surface area (TPSA) is 56.6 Å². The minimum Gasteiger partial charge on any atom is -0.497 e. The first-order valence-corrected chi connectivity index (χ1v) is 11.7. The van der Waals surface area contributed by atoms with E-state index in [2.05, 4.69) is 17.2 Å². The van der Waals surface area contributed by atoms with Crippen LogP contribution in [0.2, 0.25) is 0 Å². The van der Waals surface area contributed by atoms with Crippen molar-refractivity contribution in [3.8, 4) is 17.2 Å². The van der Waals surface area contributed by atoms with Crippen molar-refractivity contribution in [2.75, 3.05) is 27.3 Å². The zero-order chi connectivity index (χ0) is 23.0. The van der Waals surface area contributed by atoms with E-state index in [1.54, 1.807) is 14.2 Å². The quantitative estimate of drug-likeness (QED) is 0.477. The molecule has 0 spiro atoms. The van der Waals surface area contributed by atoms with Gasteiger partial charge in [-0.05, 0) is 73.4 Å². The van der Waals surface area contributed by atoms with Gasteiger partial charge in [0.1, 0.15) is 11.5 Å². The molecule has 0 unspecified atom stereocenters. The number of likely N-dealkylation sites (tertiary alicyclic amines) is 1. The van der Waals surface area contributed by atoms with E-state index in [0.29, 0.717) is 12.3 Å². The van der Waals surface area contributed by atoms with E-state index in [-0.39, 0.29) is 5.91 Å². The van der Waals surface area contributed by atoms with Gasteiger partial charge in [-0.3, -0.25) is 4.79 Å². The summed E-state index contributed by atoms with van der Waals surface area (Å²) < 4.78 is 12.6. The molecule has 1 aliphatic rings. The second kappa shape index (κ2) is 11.0. The fraction of sp³-hybridized carbons (Fsp3) is 0.407. The third-order valence-electron chi connectivity index (χ3n) is 6.50. The minimum absolute atomic E-state index is 0.249. The molecule has 2 heterocycles. The molecule has 6 nitrogen and oxygen atoms in total. The smallest absolute Gasteiger partial charge is 0.222 e. The third kappa shape index (κ3) is 6.15. The van der Waals surface area contributed by atoms with Gasteiger partial charge in [-0.25, -0.2) is 4.68 Å². The van der Waals surface area contributed by atoms with Crippen LogP contribution in [-0.4, -0.2) is 47.9 Å². The lowest BCUT2D eigenvalue weighted by atomic mass is 9.90. The summed E-state index contributed by atoms with van der Waals surface area (Å²) >= 11 is 0. The van der Waals surface area contributed by atoms with E-state index in [4.69, 9.17) is 9.47 Å². The summed E-state index contributed by atoms with van der Waals surface area (Å²) in [5.74, 6) is 2.56. The molecule has 0 saturated carbocycles. The molecule has 1 aliphatic heterocycles. The van der Waals surface area contributed by atoms with Crippen LogP contribution in [0, 0.1) is 5.92 Å². The average Bonchev–Trinajstić information content (AvgIpc) is 3.36. The van der Waals surface area contributed by atoms with Gasteiger partial charge in [0.25, 0.3) is 0 Å². The summed E-state index contributed by atoms with van der Waals surface area (Å²) in [7, 11) is 3.36. The van der Waals surface area contributed by atoms with Crippen LogP contribution >= 0.6 is 0 Å². The zero-order valence-corrected chi connectivity index (χ0v) is 19.6. The van der Waals surface area contributed by atoms with Gasteiger partial charge in [-0.1, -0.05) is 18.2 Å². The Kier molecular flexibility index (Phi) is 7.66. The van der Waals surface area contributed by atoms with Crippen molar-refractivity contribution in [1.29, 1.82) is 0 Å². The molecular formula is C27H33N3O3. The average molecular weight is 448 g/mol. The van der Waals surface area contributed by atoms with Crippen molar-refractivity contribution in [2.24, 2.45) is 5.92 Å². The number of methoxy groups -OCH3 is 2. The van der Waals surface area contributed by atoms with Crippen molar-refractivity contribution in [2.45, 2.75) is 38.5 Å². The molecule has 0 atom stereocenters. The Morgan fingerprint density at radius 2 is 1.67 bits per heavy atom. The van der Waals surface area contributed by atoms with E-state index < -0.39 is 0 Å². The number of amides is 1. The molecule has 0 bridgehead atoms. The molecule has 6 heteroatoms. The lowest BCUT2D eigenvalue weighted by molar-refractivity contribution is -0.132. The fourth-order valence-electron chi connectivity index (χ4n) is 4.47. The number of para-hydroxylation sites is 1. The van der Waals surface area contributed by atoms with Gasteiger partial charge >= 0.3 is 0 Å². The van der Waals surface area contributed by atoms with Crippen LogP contribution < -0.4 is 9.47 Å². The number of piperidine rings is 1. The summed E-state index contributed by atoms with van der Waals surface area (Å²) in [5.41, 5.74) is 3.36. The Balaban J connectivity index is 1.21. The summed E-state index contributed by atoms with van der Waals surface area (Å²) in [6.45, 7) is 1.71. The molecule has 1 aromatic heterocycles. The number of benzene rings is 2. The number of ether oxygens (including phenoxy) is 2. The standard InChI is InChI=1S/C27H33N3O3/c1-32-25-16-22(17-26(18-25)33-2)9-8-21-12-14-29(15-13-21)27(31)11-10-23-19-28-30(20-23)24-6-4-3-5-7-24/h3-7,16-21H,8-15H2,1-2H3. The van der Waals surface area contributed by atoms with E-state index in [9.17, 15) is 4.79 Å². The van der Waals surface area contributed by atoms with E-state index >= 15 is 0 Å². The number of nitrogens with zero attached hydrogens (tertiary/aromatic N) is 3. The first kappa shape index (κ1) is 22.9. The predicted molar refractivity (Wildman–Crippen MR) is 129 cm³/mol. The molecule has 3 aromatic rings. The minimum atomic E-state index is 0.249. The maximum Gasteiger partial charge on any atom is 0.222 e. The lowest BCUT2D eigenvalue weighted by Crippen LogP contribution is -2.38. The van der Waals surface area contributed by atoms with Crippen LogP contribution in [-0.2, 0) is 17.6 Å². The van der Waals surface area contributed by atoms with Gasteiger partial charge < -0.3 is 14.4 Å². The van der Waals surface area contributed by atoms with Crippen molar-refractivity contribution in [1.82, 2.24) is 14.7 Å². The maximum absolute atomic E-state index is 12.7. The number of rotatable bonds is 9. The van der Waals surface area contributed by atoms with Crippen LogP contribution in [0.15, 0.2) is 60.9 Å². The Hall–Kier alpha value is -3.28. The van der Waals surface area contributed by atoms with Crippen molar-refractivity contribution in [3.05, 3.63) is 72.1 Å². The highest BCUT2D eigenvalue weighted by Gasteiger charge is 2.22. The van der Waals surface area contributed by atoms with Crippen LogP contribution in [0.1, 0.15) is 36.8 Å². The first-order valence-electron chi connectivity index (χ1n) is 11.7. The summed E-state index contributed by atoms with van der Waals surface area (Å²) in [4.78, 5) is 14.8. The number of hydrogen-bond donors (Lipinski definition) is 0. The van der Waals surface area contributed by atoms with Gasteiger partial charge in [0, 0.05) is 31.8 Å². The third-order valence-corrected chi connectivity index (χ3v) is 6.50. The molecular weight excluding hydrogens is 414 g/mol. The SMILES string of the molecule is COc1cc(CCC2CCN(C(=O)CCc3cnn(-c4ccccc4)c3)CC2)cc(OC)c1. The van der Waals surface area contributed by atoms with Crippen LogP contribution in [0.3, 0.4) is 0 Å². The normalized spacial score (nSPS) is 14.3. The van der Waals surface area contributed by atoms with Crippen LogP contribution in [0.25, 0.3) is 5.69 Å². The summed E-state index contributed by atoms with van der Waals surface area (Å²) in [6.07, 6.45) is 9.40. The monoisotopic (exact) mass is 447 g/mol. The molecule has 2 aromatic carbocycles. The van der Waals surface area contributed by atoms with Crippen molar-refractivity contribution < 1.29 is 14.3 Å². The fourth-order valence-corrected chi connectivity index (χ4v) is 4.47. The molecule has 1 fully saturated rings. The number of aromatic nitrogens is 2. The van der Waals surface area contributed by atoms with Gasteiger partial charge in [0.15, 0.2) is 0 Å². The zero-order valence-electron chi connectivity index (χ0n) is 19.6. The number of hydrogen-bond acceptors (Lipinski definition) is 4. The maximum atomic E-state index is 12.7. The van der Waals surface area contributed by atoms with Crippen molar-refractivity contribution in [3.63, 3.8) is 0 Å². The van der Waals surface area contributed by atoms with Gasteiger partial charge in [-0.15, -0.1) is 0 Å². The largest absolute Gasteiger partial charge is 0.497 e. The molecule has 1 amide bonds. The Bertz CT molecular complexity index is 1020. The Labute approximate surface area is 196 Å². The second-order valence-electron chi connectivity index (χ2n) is 8.71. The first-order chi connectivity index (χ1) is 16.1.